The highest BCUT2D eigenvalue weighted by Crippen LogP contribution is 2.13. The summed E-state index contributed by atoms with van der Waals surface area (Å²) in [6, 6.07) is 0.378. The Morgan fingerprint density at radius 2 is 2.33 bits per heavy atom. The number of aromatic nitrogens is 2. The number of nitrogens with zero attached hydrogens (tertiary/aromatic N) is 2. The van der Waals surface area contributed by atoms with Crippen LogP contribution in [0, 0.1) is 6.92 Å². The van der Waals surface area contributed by atoms with Crippen molar-refractivity contribution in [1.29, 1.82) is 0 Å². The molecule has 1 aromatic rings. The second kappa shape index (κ2) is 3.72. The molecule has 1 unspecified atom stereocenters. The van der Waals surface area contributed by atoms with Gasteiger partial charge >= 0.3 is 0 Å². The second-order valence-corrected chi connectivity index (χ2v) is 3.20. The number of imidazole rings is 1. The Hall–Kier alpha value is -0.830. The SMILES string of the molecule is CCN(C)C(C)c1ncc(C)[nH]1. The van der Waals surface area contributed by atoms with Gasteiger partial charge in [0.15, 0.2) is 0 Å². The summed E-state index contributed by atoms with van der Waals surface area (Å²) in [6.07, 6.45) is 1.87. The van der Waals surface area contributed by atoms with E-state index in [1.807, 2.05) is 13.1 Å². The van der Waals surface area contributed by atoms with Crippen molar-refractivity contribution >= 4 is 0 Å². The lowest BCUT2D eigenvalue weighted by atomic mass is 10.3. The molecule has 0 aliphatic carbocycles. The van der Waals surface area contributed by atoms with Crippen LogP contribution in [0.2, 0.25) is 0 Å². The topological polar surface area (TPSA) is 31.9 Å². The lowest BCUT2D eigenvalue weighted by Crippen LogP contribution is -2.22. The van der Waals surface area contributed by atoms with Crippen molar-refractivity contribution in [3.63, 3.8) is 0 Å². The summed E-state index contributed by atoms with van der Waals surface area (Å²) in [5.41, 5.74) is 1.13. The van der Waals surface area contributed by atoms with E-state index in [2.05, 4.69) is 35.8 Å². The number of H-pyrrole nitrogens is 1. The Kier molecular flexibility index (Phi) is 2.87. The third kappa shape index (κ3) is 1.85. The molecular weight excluding hydrogens is 150 g/mol. The normalized spacial score (nSPS) is 13.8. The van der Waals surface area contributed by atoms with E-state index in [1.54, 1.807) is 0 Å². The van der Waals surface area contributed by atoms with Gasteiger partial charge in [0.1, 0.15) is 5.82 Å². The molecule has 0 saturated carbocycles. The lowest BCUT2D eigenvalue weighted by Gasteiger charge is -2.20. The Bertz CT molecular complexity index is 242. The summed E-state index contributed by atoms with van der Waals surface area (Å²) in [7, 11) is 2.10. The number of hydrogen-bond donors (Lipinski definition) is 1. The molecule has 0 spiro atoms. The fraction of sp³-hybridized carbons (Fsp3) is 0.667. The quantitative estimate of drug-likeness (QED) is 0.743. The van der Waals surface area contributed by atoms with Crippen molar-refractivity contribution in [2.45, 2.75) is 26.8 Å². The summed E-state index contributed by atoms with van der Waals surface area (Å²) >= 11 is 0. The predicted octanol–water partition coefficient (Wildman–Crippen LogP) is 1.73. The Morgan fingerprint density at radius 1 is 1.67 bits per heavy atom. The maximum Gasteiger partial charge on any atom is 0.123 e. The zero-order valence-electron chi connectivity index (χ0n) is 8.26. The van der Waals surface area contributed by atoms with Gasteiger partial charge in [0.05, 0.1) is 6.04 Å². The maximum atomic E-state index is 4.29. The van der Waals surface area contributed by atoms with E-state index in [0.717, 1.165) is 18.1 Å². The van der Waals surface area contributed by atoms with Gasteiger partial charge in [-0.2, -0.15) is 0 Å². The molecule has 3 nitrogen and oxygen atoms in total. The monoisotopic (exact) mass is 167 g/mol. The molecule has 0 fully saturated rings. The minimum absolute atomic E-state index is 0.378. The van der Waals surface area contributed by atoms with Crippen LogP contribution < -0.4 is 0 Å². The van der Waals surface area contributed by atoms with Crippen molar-refractivity contribution in [1.82, 2.24) is 14.9 Å². The van der Waals surface area contributed by atoms with Crippen molar-refractivity contribution in [3.8, 4) is 0 Å². The number of hydrogen-bond acceptors (Lipinski definition) is 2. The molecule has 1 aromatic heterocycles. The van der Waals surface area contributed by atoms with Crippen molar-refractivity contribution in [3.05, 3.63) is 17.7 Å². The van der Waals surface area contributed by atoms with Crippen LogP contribution in [0.3, 0.4) is 0 Å². The zero-order valence-corrected chi connectivity index (χ0v) is 8.26. The average molecular weight is 167 g/mol. The molecule has 1 N–H and O–H groups in total. The summed E-state index contributed by atoms with van der Waals surface area (Å²) < 4.78 is 0. The molecule has 0 bridgehead atoms. The third-order valence-electron chi connectivity index (χ3n) is 2.28. The molecular formula is C9H17N3. The molecule has 0 aromatic carbocycles. The van der Waals surface area contributed by atoms with E-state index in [9.17, 15) is 0 Å². The van der Waals surface area contributed by atoms with Gasteiger partial charge in [-0.05, 0) is 27.4 Å². The van der Waals surface area contributed by atoms with Crippen molar-refractivity contribution < 1.29 is 0 Å². The smallest absolute Gasteiger partial charge is 0.123 e. The Labute approximate surface area is 73.8 Å². The van der Waals surface area contributed by atoms with Gasteiger partial charge in [-0.1, -0.05) is 6.92 Å². The molecule has 3 heteroatoms. The van der Waals surface area contributed by atoms with E-state index < -0.39 is 0 Å². The molecule has 1 rings (SSSR count). The number of rotatable bonds is 3. The van der Waals surface area contributed by atoms with Gasteiger partial charge in [0, 0.05) is 11.9 Å². The molecule has 0 aliphatic heterocycles. The minimum Gasteiger partial charge on any atom is -0.345 e. The van der Waals surface area contributed by atoms with Gasteiger partial charge in [-0.25, -0.2) is 4.98 Å². The van der Waals surface area contributed by atoms with Crippen molar-refractivity contribution in [2.75, 3.05) is 13.6 Å². The second-order valence-electron chi connectivity index (χ2n) is 3.20. The largest absolute Gasteiger partial charge is 0.345 e. The Morgan fingerprint density at radius 3 is 2.75 bits per heavy atom. The molecule has 12 heavy (non-hydrogen) atoms. The van der Waals surface area contributed by atoms with Crippen LogP contribution in [0.1, 0.15) is 31.4 Å². The van der Waals surface area contributed by atoms with E-state index in [4.69, 9.17) is 0 Å². The van der Waals surface area contributed by atoms with Crippen LogP contribution in [0.5, 0.6) is 0 Å². The summed E-state index contributed by atoms with van der Waals surface area (Å²) in [5, 5.41) is 0. The molecule has 1 heterocycles. The van der Waals surface area contributed by atoms with Crippen LogP contribution in [-0.4, -0.2) is 28.5 Å². The van der Waals surface area contributed by atoms with Gasteiger partial charge in [-0.3, -0.25) is 4.90 Å². The molecule has 0 saturated heterocycles. The van der Waals surface area contributed by atoms with Crippen molar-refractivity contribution in [2.24, 2.45) is 0 Å². The van der Waals surface area contributed by atoms with Crippen LogP contribution in [0.15, 0.2) is 6.20 Å². The molecule has 0 amide bonds. The van der Waals surface area contributed by atoms with Gasteiger partial charge < -0.3 is 4.98 Å². The molecule has 68 valence electrons. The predicted molar refractivity (Wildman–Crippen MR) is 50.0 cm³/mol. The van der Waals surface area contributed by atoms with E-state index >= 15 is 0 Å². The molecule has 1 atom stereocenters. The number of aromatic amines is 1. The maximum absolute atomic E-state index is 4.29. The van der Waals surface area contributed by atoms with E-state index in [1.165, 1.54) is 0 Å². The van der Waals surface area contributed by atoms with Crippen LogP contribution in [-0.2, 0) is 0 Å². The highest BCUT2D eigenvalue weighted by molar-refractivity contribution is 5.01. The number of nitrogens with one attached hydrogen (secondary N) is 1. The first-order valence-electron chi connectivity index (χ1n) is 4.37. The fourth-order valence-corrected chi connectivity index (χ4v) is 1.13. The molecule has 0 aliphatic rings. The molecule has 0 radical (unpaired) electrons. The summed E-state index contributed by atoms with van der Waals surface area (Å²) in [4.78, 5) is 9.77. The van der Waals surface area contributed by atoms with Crippen LogP contribution >= 0.6 is 0 Å². The summed E-state index contributed by atoms with van der Waals surface area (Å²) in [5.74, 6) is 1.05. The van der Waals surface area contributed by atoms with Crippen LogP contribution in [0.4, 0.5) is 0 Å². The van der Waals surface area contributed by atoms with Gasteiger partial charge in [0.25, 0.3) is 0 Å². The first kappa shape index (κ1) is 9.26. The minimum atomic E-state index is 0.378. The van der Waals surface area contributed by atoms with Gasteiger partial charge in [0.2, 0.25) is 0 Å². The first-order valence-corrected chi connectivity index (χ1v) is 4.37. The summed E-state index contributed by atoms with van der Waals surface area (Å²) in [6.45, 7) is 7.37. The highest BCUT2D eigenvalue weighted by Gasteiger charge is 2.11. The van der Waals surface area contributed by atoms with E-state index in [0.29, 0.717) is 6.04 Å². The highest BCUT2D eigenvalue weighted by atomic mass is 15.1. The lowest BCUT2D eigenvalue weighted by molar-refractivity contribution is 0.266. The fourth-order valence-electron chi connectivity index (χ4n) is 1.13. The zero-order chi connectivity index (χ0) is 9.14. The van der Waals surface area contributed by atoms with Gasteiger partial charge in [-0.15, -0.1) is 0 Å². The third-order valence-corrected chi connectivity index (χ3v) is 2.28. The first-order chi connectivity index (χ1) is 5.65. The Balaban J connectivity index is 2.70. The van der Waals surface area contributed by atoms with E-state index in [-0.39, 0.29) is 0 Å². The number of aryl methyl sites for hydroxylation is 1. The standard InChI is InChI=1S/C9H17N3/c1-5-12(4)8(3)9-10-6-7(2)11-9/h6,8H,5H2,1-4H3,(H,10,11). The van der Waals surface area contributed by atoms with Crippen LogP contribution in [0.25, 0.3) is 0 Å². The average Bonchev–Trinajstić information content (AvgIpc) is 2.49.